The molecule has 1 fully saturated rings. The summed E-state index contributed by atoms with van der Waals surface area (Å²) in [4.78, 5) is -0.288. The molecule has 1 aliphatic heterocycles. The van der Waals surface area contributed by atoms with E-state index in [0.717, 1.165) is 17.3 Å². The normalized spacial score (nSPS) is 18.3. The molecule has 2 aromatic carbocycles. The minimum atomic E-state index is -3.86. The summed E-state index contributed by atoms with van der Waals surface area (Å²) in [7, 11) is -3.86. The lowest BCUT2D eigenvalue weighted by Crippen LogP contribution is -2.30. The van der Waals surface area contributed by atoms with Gasteiger partial charge in [-0.1, -0.05) is 47.7 Å². The largest absolute Gasteiger partial charge is 0.247 e. The van der Waals surface area contributed by atoms with Gasteiger partial charge in [-0.15, -0.1) is 5.10 Å². The number of halogens is 1. The number of benzene rings is 2. The van der Waals surface area contributed by atoms with Gasteiger partial charge in [0.25, 0.3) is 0 Å². The number of hydrogen-bond acceptors (Lipinski definition) is 4. The second kappa shape index (κ2) is 6.62. The molecule has 2 heterocycles. The van der Waals surface area contributed by atoms with Gasteiger partial charge in [-0.3, -0.25) is 0 Å². The summed E-state index contributed by atoms with van der Waals surface area (Å²) in [5.74, 6) is -0.733. The first-order valence-corrected chi connectivity index (χ1v) is 9.71. The van der Waals surface area contributed by atoms with E-state index in [1.54, 1.807) is 4.68 Å². The fourth-order valence-electron chi connectivity index (χ4n) is 3.13. The van der Waals surface area contributed by atoms with Gasteiger partial charge in [0.1, 0.15) is 16.4 Å². The maximum atomic E-state index is 13.9. The van der Waals surface area contributed by atoms with Crippen LogP contribution in [-0.4, -0.2) is 40.8 Å². The van der Waals surface area contributed by atoms with Gasteiger partial charge >= 0.3 is 0 Å². The number of rotatable bonds is 4. The van der Waals surface area contributed by atoms with Crippen molar-refractivity contribution in [2.24, 2.45) is 0 Å². The van der Waals surface area contributed by atoms with Crippen LogP contribution in [0, 0.1) is 5.82 Å². The molecule has 0 radical (unpaired) electrons. The number of aromatic nitrogens is 3. The lowest BCUT2D eigenvalue weighted by Gasteiger charge is -2.17. The van der Waals surface area contributed by atoms with Crippen LogP contribution in [0.15, 0.2) is 65.7 Å². The number of hydrogen-bond donors (Lipinski definition) is 0. The van der Waals surface area contributed by atoms with Crippen molar-refractivity contribution >= 4 is 10.0 Å². The van der Waals surface area contributed by atoms with Crippen molar-refractivity contribution in [1.82, 2.24) is 19.3 Å². The summed E-state index contributed by atoms with van der Waals surface area (Å²) in [6, 6.07) is 15.0. The average molecular weight is 372 g/mol. The summed E-state index contributed by atoms with van der Waals surface area (Å²) in [6.07, 6.45) is 2.42. The minimum Gasteiger partial charge on any atom is -0.247 e. The van der Waals surface area contributed by atoms with Crippen molar-refractivity contribution in [2.75, 3.05) is 13.1 Å². The van der Waals surface area contributed by atoms with E-state index in [-0.39, 0.29) is 17.5 Å². The summed E-state index contributed by atoms with van der Waals surface area (Å²) in [6.45, 7) is 0.566. The summed E-state index contributed by atoms with van der Waals surface area (Å²) < 4.78 is 42.3. The first-order chi connectivity index (χ1) is 12.6. The molecule has 6 nitrogen and oxygen atoms in total. The first-order valence-electron chi connectivity index (χ1n) is 8.27. The molecule has 0 bridgehead atoms. The average Bonchev–Trinajstić information content (AvgIpc) is 3.32. The fraction of sp³-hybridized carbons (Fsp3) is 0.222. The molecule has 0 amide bonds. The highest BCUT2D eigenvalue weighted by molar-refractivity contribution is 7.89. The van der Waals surface area contributed by atoms with E-state index in [0.29, 0.717) is 13.0 Å². The fourth-order valence-corrected chi connectivity index (χ4v) is 4.69. The van der Waals surface area contributed by atoms with Crippen LogP contribution in [0.1, 0.15) is 12.5 Å². The Kier molecular flexibility index (Phi) is 4.29. The third-order valence-electron chi connectivity index (χ3n) is 4.53. The van der Waals surface area contributed by atoms with E-state index >= 15 is 0 Å². The van der Waals surface area contributed by atoms with Gasteiger partial charge in [0, 0.05) is 18.7 Å². The smallest absolute Gasteiger partial charge is 0.246 e. The topological polar surface area (TPSA) is 68.1 Å². The monoisotopic (exact) mass is 372 g/mol. The van der Waals surface area contributed by atoms with Gasteiger partial charge in [-0.2, -0.15) is 4.31 Å². The molecule has 0 N–H and O–H groups in total. The molecule has 0 spiro atoms. The van der Waals surface area contributed by atoms with Gasteiger partial charge in [-0.05, 0) is 18.6 Å². The predicted molar refractivity (Wildman–Crippen MR) is 94.3 cm³/mol. The van der Waals surface area contributed by atoms with Crippen molar-refractivity contribution in [3.8, 4) is 11.3 Å². The highest BCUT2D eigenvalue weighted by Gasteiger charge is 2.35. The Morgan fingerprint density at radius 3 is 2.54 bits per heavy atom. The van der Waals surface area contributed by atoms with Crippen LogP contribution in [0.5, 0.6) is 0 Å². The molecular formula is C18H17FN4O2S. The Labute approximate surface area is 150 Å². The first kappa shape index (κ1) is 16.9. The molecule has 0 aliphatic carbocycles. The predicted octanol–water partition coefficient (Wildman–Crippen LogP) is 2.72. The standard InChI is InChI=1S/C18H17FN4O2S/c19-16-8-4-5-9-18(16)26(24,25)22-11-10-15(12-22)23-13-17(20-21-23)14-6-2-1-3-7-14/h1-9,13,15H,10-12H2. The highest BCUT2D eigenvalue weighted by Crippen LogP contribution is 2.28. The van der Waals surface area contributed by atoms with E-state index in [1.165, 1.54) is 22.5 Å². The molecule has 1 saturated heterocycles. The highest BCUT2D eigenvalue weighted by atomic mass is 32.2. The second-order valence-corrected chi connectivity index (χ2v) is 8.09. The van der Waals surface area contributed by atoms with Crippen LogP contribution in [0.2, 0.25) is 0 Å². The molecule has 26 heavy (non-hydrogen) atoms. The Morgan fingerprint density at radius 2 is 1.77 bits per heavy atom. The zero-order valence-electron chi connectivity index (χ0n) is 13.9. The van der Waals surface area contributed by atoms with Crippen molar-refractivity contribution in [2.45, 2.75) is 17.4 Å². The molecule has 1 aliphatic rings. The van der Waals surface area contributed by atoms with Gasteiger partial charge in [0.2, 0.25) is 10.0 Å². The molecule has 8 heteroatoms. The summed E-state index contributed by atoms with van der Waals surface area (Å²) in [5.41, 5.74) is 1.69. The van der Waals surface area contributed by atoms with Crippen molar-refractivity contribution in [3.05, 3.63) is 66.6 Å². The van der Waals surface area contributed by atoms with Crippen molar-refractivity contribution in [1.29, 1.82) is 0 Å². The molecule has 1 atom stereocenters. The Balaban J connectivity index is 1.54. The van der Waals surface area contributed by atoms with Crippen molar-refractivity contribution in [3.63, 3.8) is 0 Å². The van der Waals surface area contributed by atoms with Gasteiger partial charge in [-0.25, -0.2) is 17.5 Å². The maximum Gasteiger partial charge on any atom is 0.246 e. The summed E-state index contributed by atoms with van der Waals surface area (Å²) in [5, 5.41) is 8.33. The van der Waals surface area contributed by atoms with Crippen LogP contribution >= 0.6 is 0 Å². The van der Waals surface area contributed by atoms with E-state index < -0.39 is 15.8 Å². The molecule has 1 unspecified atom stereocenters. The Bertz CT molecular complexity index is 1020. The van der Waals surface area contributed by atoms with Crippen LogP contribution < -0.4 is 0 Å². The van der Waals surface area contributed by atoms with Crippen LogP contribution in [0.3, 0.4) is 0 Å². The Hall–Kier alpha value is -2.58. The van der Waals surface area contributed by atoms with E-state index in [4.69, 9.17) is 0 Å². The lowest BCUT2D eigenvalue weighted by atomic mass is 10.2. The quantitative estimate of drug-likeness (QED) is 0.706. The van der Waals surface area contributed by atoms with Crippen LogP contribution in [0.4, 0.5) is 4.39 Å². The molecule has 134 valence electrons. The van der Waals surface area contributed by atoms with Gasteiger partial charge in [0.05, 0.1) is 12.2 Å². The van der Waals surface area contributed by atoms with Crippen molar-refractivity contribution < 1.29 is 12.8 Å². The zero-order valence-corrected chi connectivity index (χ0v) is 14.7. The van der Waals surface area contributed by atoms with Gasteiger partial charge < -0.3 is 0 Å². The van der Waals surface area contributed by atoms with Gasteiger partial charge in [0.15, 0.2) is 0 Å². The SMILES string of the molecule is O=S(=O)(c1ccccc1F)N1CCC(n2cc(-c3ccccc3)nn2)C1. The molecule has 3 aromatic rings. The number of nitrogens with zero attached hydrogens (tertiary/aromatic N) is 4. The van der Waals surface area contributed by atoms with E-state index in [2.05, 4.69) is 10.3 Å². The molecular weight excluding hydrogens is 355 g/mol. The third kappa shape index (κ3) is 3.02. The molecule has 1 aromatic heterocycles. The summed E-state index contributed by atoms with van der Waals surface area (Å²) >= 11 is 0. The molecule has 0 saturated carbocycles. The molecule has 4 rings (SSSR count). The number of sulfonamides is 1. The minimum absolute atomic E-state index is 0.124. The zero-order chi connectivity index (χ0) is 18.1. The Morgan fingerprint density at radius 1 is 1.04 bits per heavy atom. The third-order valence-corrected chi connectivity index (χ3v) is 6.43. The van der Waals surface area contributed by atoms with E-state index in [1.807, 2.05) is 36.5 Å². The second-order valence-electron chi connectivity index (χ2n) is 6.19. The van der Waals surface area contributed by atoms with Crippen LogP contribution in [0.25, 0.3) is 11.3 Å². The lowest BCUT2D eigenvalue weighted by molar-refractivity contribution is 0.425. The maximum absolute atomic E-state index is 13.9. The van der Waals surface area contributed by atoms with E-state index in [9.17, 15) is 12.8 Å². The van der Waals surface area contributed by atoms with Crippen LogP contribution in [-0.2, 0) is 10.0 Å².